The Balaban J connectivity index is 1.21. The minimum Gasteiger partial charge on any atom is -0.454 e. The third-order valence-electron chi connectivity index (χ3n) is 6.17. The molecule has 0 saturated carbocycles. The number of benzene rings is 2. The summed E-state index contributed by atoms with van der Waals surface area (Å²) in [7, 11) is 0. The Kier molecular flexibility index (Phi) is 4.92. The fraction of sp³-hybridized carbons (Fsp3) is 0.391. The molecule has 2 amide bonds. The van der Waals surface area contributed by atoms with Crippen molar-refractivity contribution >= 4 is 17.5 Å². The number of para-hydroxylation sites is 1. The number of hydrogen-bond donors (Lipinski definition) is 0. The Morgan fingerprint density at radius 3 is 2.53 bits per heavy atom. The molecule has 1 atom stereocenters. The molecule has 7 nitrogen and oxygen atoms in total. The Morgan fingerprint density at radius 1 is 0.967 bits per heavy atom. The summed E-state index contributed by atoms with van der Waals surface area (Å²) in [6.45, 7) is 6.31. The van der Waals surface area contributed by atoms with Crippen LogP contribution in [0.3, 0.4) is 0 Å². The first-order valence-electron chi connectivity index (χ1n) is 10.4. The molecule has 156 valence electrons. The van der Waals surface area contributed by atoms with Gasteiger partial charge in [0.15, 0.2) is 11.5 Å². The SMILES string of the molecule is Cc1ccccc1N1C(=O)C[C@H](N2CCN(Cc3ccc4c(c3)OCO4)CC2)C1=O. The maximum atomic E-state index is 13.1. The highest BCUT2D eigenvalue weighted by molar-refractivity contribution is 6.22. The zero-order valence-electron chi connectivity index (χ0n) is 17.0. The number of amides is 2. The van der Waals surface area contributed by atoms with Crippen LogP contribution in [0.4, 0.5) is 5.69 Å². The summed E-state index contributed by atoms with van der Waals surface area (Å²) < 4.78 is 10.8. The standard InChI is InChI=1S/C23H25N3O4/c1-16-4-2-3-5-18(16)26-22(27)13-19(23(26)28)25-10-8-24(9-11-25)14-17-6-7-20-21(12-17)30-15-29-20/h2-7,12,19H,8-11,13-15H2,1H3/t19-/m0/s1. The van der Waals surface area contributed by atoms with Crippen LogP contribution in [0.15, 0.2) is 42.5 Å². The summed E-state index contributed by atoms with van der Waals surface area (Å²) in [5, 5.41) is 0. The van der Waals surface area contributed by atoms with Gasteiger partial charge in [-0.3, -0.25) is 19.4 Å². The molecule has 7 heteroatoms. The van der Waals surface area contributed by atoms with Crippen molar-refractivity contribution in [3.05, 3.63) is 53.6 Å². The second kappa shape index (κ2) is 7.74. The van der Waals surface area contributed by atoms with Gasteiger partial charge in [-0.05, 0) is 36.2 Å². The van der Waals surface area contributed by atoms with Gasteiger partial charge in [0.05, 0.1) is 18.2 Å². The molecule has 0 aromatic heterocycles. The molecule has 3 heterocycles. The number of anilines is 1. The second-order valence-corrected chi connectivity index (χ2v) is 8.07. The number of hydrogen-bond acceptors (Lipinski definition) is 6. The van der Waals surface area contributed by atoms with E-state index in [4.69, 9.17) is 9.47 Å². The Hall–Kier alpha value is -2.90. The highest BCUT2D eigenvalue weighted by Crippen LogP contribution is 2.33. The number of fused-ring (bicyclic) bond motifs is 1. The molecule has 2 aromatic rings. The minimum atomic E-state index is -0.357. The monoisotopic (exact) mass is 407 g/mol. The van der Waals surface area contributed by atoms with E-state index in [0.717, 1.165) is 49.8 Å². The summed E-state index contributed by atoms with van der Waals surface area (Å²) in [5.41, 5.74) is 2.83. The van der Waals surface area contributed by atoms with E-state index in [9.17, 15) is 9.59 Å². The van der Waals surface area contributed by atoms with Crippen LogP contribution < -0.4 is 14.4 Å². The highest BCUT2D eigenvalue weighted by atomic mass is 16.7. The van der Waals surface area contributed by atoms with E-state index in [0.29, 0.717) is 5.69 Å². The van der Waals surface area contributed by atoms with Crippen molar-refractivity contribution in [3.8, 4) is 11.5 Å². The topological polar surface area (TPSA) is 62.3 Å². The van der Waals surface area contributed by atoms with E-state index in [-0.39, 0.29) is 31.1 Å². The summed E-state index contributed by atoms with van der Waals surface area (Å²) >= 11 is 0. The molecule has 30 heavy (non-hydrogen) atoms. The molecule has 0 spiro atoms. The van der Waals surface area contributed by atoms with Gasteiger partial charge in [-0.15, -0.1) is 0 Å². The molecule has 0 unspecified atom stereocenters. The third-order valence-corrected chi connectivity index (χ3v) is 6.17. The van der Waals surface area contributed by atoms with E-state index in [2.05, 4.69) is 15.9 Å². The lowest BCUT2D eigenvalue weighted by Gasteiger charge is -2.37. The van der Waals surface area contributed by atoms with E-state index in [1.165, 1.54) is 10.5 Å². The molecule has 0 N–H and O–H groups in total. The summed E-state index contributed by atoms with van der Waals surface area (Å²) in [6, 6.07) is 13.3. The molecule has 0 aliphatic carbocycles. The molecule has 0 bridgehead atoms. The second-order valence-electron chi connectivity index (χ2n) is 8.07. The molecule has 2 saturated heterocycles. The van der Waals surface area contributed by atoms with Crippen molar-refractivity contribution in [2.75, 3.05) is 37.9 Å². The minimum absolute atomic E-state index is 0.0986. The fourth-order valence-electron chi connectivity index (χ4n) is 4.50. The normalized spacial score (nSPS) is 22.2. The first-order valence-corrected chi connectivity index (χ1v) is 10.4. The summed E-state index contributed by atoms with van der Waals surface area (Å²) in [4.78, 5) is 31.6. The maximum absolute atomic E-state index is 13.1. The van der Waals surface area contributed by atoms with Crippen molar-refractivity contribution in [2.24, 2.45) is 0 Å². The number of carbonyl (C=O) groups is 2. The van der Waals surface area contributed by atoms with Gasteiger partial charge in [0.1, 0.15) is 0 Å². The van der Waals surface area contributed by atoms with Crippen LogP contribution in [0, 0.1) is 6.92 Å². The number of nitrogens with zero attached hydrogens (tertiary/aromatic N) is 3. The predicted molar refractivity (Wildman–Crippen MR) is 111 cm³/mol. The van der Waals surface area contributed by atoms with Crippen LogP contribution in [0.5, 0.6) is 11.5 Å². The van der Waals surface area contributed by atoms with Gasteiger partial charge in [0, 0.05) is 32.7 Å². The van der Waals surface area contributed by atoms with Crippen LogP contribution in [-0.2, 0) is 16.1 Å². The Labute approximate surface area is 175 Å². The van der Waals surface area contributed by atoms with E-state index in [1.54, 1.807) is 0 Å². The maximum Gasteiger partial charge on any atom is 0.251 e. The van der Waals surface area contributed by atoms with Crippen LogP contribution in [0.25, 0.3) is 0 Å². The van der Waals surface area contributed by atoms with Crippen LogP contribution in [0.2, 0.25) is 0 Å². The lowest BCUT2D eigenvalue weighted by atomic mass is 10.1. The molecular formula is C23H25N3O4. The first kappa shape index (κ1) is 19.1. The van der Waals surface area contributed by atoms with E-state index in [1.807, 2.05) is 43.3 Å². The van der Waals surface area contributed by atoms with Crippen molar-refractivity contribution in [2.45, 2.75) is 25.9 Å². The van der Waals surface area contributed by atoms with Gasteiger partial charge in [0.25, 0.3) is 5.91 Å². The molecular weight excluding hydrogens is 382 g/mol. The summed E-state index contributed by atoms with van der Waals surface area (Å²) in [5.74, 6) is 1.39. The number of carbonyl (C=O) groups excluding carboxylic acids is 2. The highest BCUT2D eigenvalue weighted by Gasteiger charge is 2.43. The average Bonchev–Trinajstić information content (AvgIpc) is 3.33. The average molecular weight is 407 g/mol. The molecule has 5 rings (SSSR count). The number of ether oxygens (including phenoxy) is 2. The van der Waals surface area contributed by atoms with Gasteiger partial charge in [-0.1, -0.05) is 24.3 Å². The third kappa shape index (κ3) is 3.44. The largest absolute Gasteiger partial charge is 0.454 e. The van der Waals surface area contributed by atoms with Crippen LogP contribution in [-0.4, -0.2) is 60.6 Å². The van der Waals surface area contributed by atoms with Gasteiger partial charge in [-0.25, -0.2) is 4.90 Å². The zero-order valence-corrected chi connectivity index (χ0v) is 17.0. The Bertz CT molecular complexity index is 984. The lowest BCUT2D eigenvalue weighted by Crippen LogP contribution is -2.52. The first-order chi connectivity index (χ1) is 14.6. The molecule has 2 aromatic carbocycles. The zero-order chi connectivity index (χ0) is 20.7. The van der Waals surface area contributed by atoms with Crippen LogP contribution in [0.1, 0.15) is 17.5 Å². The molecule has 3 aliphatic rings. The van der Waals surface area contributed by atoms with Crippen molar-refractivity contribution in [3.63, 3.8) is 0 Å². The van der Waals surface area contributed by atoms with Gasteiger partial charge < -0.3 is 9.47 Å². The van der Waals surface area contributed by atoms with E-state index < -0.39 is 0 Å². The number of piperazine rings is 1. The summed E-state index contributed by atoms with van der Waals surface area (Å²) in [6.07, 6.45) is 0.259. The number of aryl methyl sites for hydroxylation is 1. The molecule has 2 fully saturated rings. The molecule has 0 radical (unpaired) electrons. The van der Waals surface area contributed by atoms with Crippen molar-refractivity contribution < 1.29 is 19.1 Å². The van der Waals surface area contributed by atoms with E-state index >= 15 is 0 Å². The van der Waals surface area contributed by atoms with Gasteiger partial charge >= 0.3 is 0 Å². The number of rotatable bonds is 4. The van der Waals surface area contributed by atoms with Crippen LogP contribution >= 0.6 is 0 Å². The quantitative estimate of drug-likeness (QED) is 0.724. The van der Waals surface area contributed by atoms with Crippen molar-refractivity contribution in [1.29, 1.82) is 0 Å². The lowest BCUT2D eigenvalue weighted by molar-refractivity contribution is -0.123. The van der Waals surface area contributed by atoms with Gasteiger partial charge in [0.2, 0.25) is 12.7 Å². The van der Waals surface area contributed by atoms with Crippen molar-refractivity contribution in [1.82, 2.24) is 9.80 Å². The fourth-order valence-corrected chi connectivity index (χ4v) is 4.50. The smallest absolute Gasteiger partial charge is 0.251 e. The molecule has 3 aliphatic heterocycles. The predicted octanol–water partition coefficient (Wildman–Crippen LogP) is 2.17. The van der Waals surface area contributed by atoms with Gasteiger partial charge in [-0.2, -0.15) is 0 Å². The Morgan fingerprint density at radius 2 is 1.73 bits per heavy atom. The number of imide groups is 1.